The average molecular weight is 175 g/mol. The molecule has 3 nitrogen and oxygen atoms in total. The third-order valence-corrected chi connectivity index (χ3v) is 2.53. The first kappa shape index (κ1) is 8.10. The highest BCUT2D eigenvalue weighted by molar-refractivity contribution is 6.02. The topological polar surface area (TPSA) is 54.2 Å². The summed E-state index contributed by atoms with van der Waals surface area (Å²) < 4.78 is 0. The number of hydrazone groups is 1. The van der Waals surface area contributed by atoms with Gasteiger partial charge < -0.3 is 10.8 Å². The molecular formula is C10H13N3. The van der Waals surface area contributed by atoms with Crippen molar-refractivity contribution in [3.63, 3.8) is 0 Å². The van der Waals surface area contributed by atoms with Crippen LogP contribution in [-0.2, 0) is 0 Å². The Bertz CT molecular complexity index is 451. The highest BCUT2D eigenvalue weighted by atomic mass is 15.1. The van der Waals surface area contributed by atoms with E-state index < -0.39 is 0 Å². The Morgan fingerprint density at radius 1 is 1.54 bits per heavy atom. The molecule has 1 aliphatic rings. The summed E-state index contributed by atoms with van der Waals surface area (Å²) in [6.07, 6.45) is 5.83. The Balaban J connectivity index is 2.79. The number of nitrogens with two attached hydrogens (primary N) is 1. The van der Waals surface area contributed by atoms with Gasteiger partial charge in [0.15, 0.2) is 0 Å². The molecule has 0 amide bonds. The molecule has 0 unspecified atom stereocenters. The predicted octanol–water partition coefficient (Wildman–Crippen LogP) is 0.0743. The fourth-order valence-electron chi connectivity index (χ4n) is 1.79. The molecule has 0 aliphatic heterocycles. The summed E-state index contributed by atoms with van der Waals surface area (Å²) in [7, 11) is 0. The minimum absolute atomic E-state index is 1.03. The first-order valence-electron chi connectivity index (χ1n) is 4.42. The van der Waals surface area contributed by atoms with Gasteiger partial charge >= 0.3 is 0 Å². The van der Waals surface area contributed by atoms with Crippen LogP contribution in [0.25, 0.3) is 11.1 Å². The highest BCUT2D eigenvalue weighted by Crippen LogP contribution is 2.11. The van der Waals surface area contributed by atoms with Crippen molar-refractivity contribution in [1.82, 2.24) is 4.98 Å². The number of nitrogens with zero attached hydrogens (tertiary/aromatic N) is 1. The molecule has 0 bridgehead atoms. The summed E-state index contributed by atoms with van der Waals surface area (Å²) in [5.74, 6) is 5.15. The summed E-state index contributed by atoms with van der Waals surface area (Å²) >= 11 is 0. The maximum Gasteiger partial charge on any atom is 0.0518 e. The van der Waals surface area contributed by atoms with Gasteiger partial charge in [0.2, 0.25) is 0 Å². The maximum atomic E-state index is 5.15. The first-order chi connectivity index (χ1) is 6.33. The summed E-state index contributed by atoms with van der Waals surface area (Å²) in [6.45, 7) is 2.17. The van der Waals surface area contributed by atoms with E-state index in [-0.39, 0.29) is 0 Å². The second-order valence-corrected chi connectivity index (χ2v) is 3.35. The Labute approximate surface area is 76.7 Å². The summed E-state index contributed by atoms with van der Waals surface area (Å²) in [6, 6.07) is 2.11. The molecule has 3 N–H and O–H groups in total. The summed E-state index contributed by atoms with van der Waals surface area (Å²) in [5, 5.41) is 6.06. The minimum atomic E-state index is 1.03. The third-order valence-electron chi connectivity index (χ3n) is 2.53. The van der Waals surface area contributed by atoms with Crippen LogP contribution < -0.4 is 16.4 Å². The van der Waals surface area contributed by atoms with Crippen LogP contribution in [0.1, 0.15) is 19.8 Å². The lowest BCUT2D eigenvalue weighted by molar-refractivity contribution is 1.04. The predicted molar refractivity (Wildman–Crippen MR) is 54.4 cm³/mol. The molecule has 0 radical (unpaired) electrons. The van der Waals surface area contributed by atoms with Gasteiger partial charge in [0.05, 0.1) is 11.6 Å². The van der Waals surface area contributed by atoms with Crippen molar-refractivity contribution in [2.24, 2.45) is 10.9 Å². The number of fused-ring (bicyclic) bond motifs is 1. The maximum absolute atomic E-state index is 5.15. The Kier molecular flexibility index (Phi) is 1.93. The number of H-pyrrole nitrogens is 1. The lowest BCUT2D eigenvalue weighted by Crippen LogP contribution is -2.30. The monoisotopic (exact) mass is 175 g/mol. The fraction of sp³-hybridized carbons (Fsp3) is 0.300. The van der Waals surface area contributed by atoms with Crippen molar-refractivity contribution in [3.8, 4) is 0 Å². The van der Waals surface area contributed by atoms with E-state index in [1.807, 2.05) is 6.20 Å². The molecule has 2 rings (SSSR count). The molecule has 0 fully saturated rings. The molecule has 13 heavy (non-hydrogen) atoms. The molecule has 1 heterocycles. The molecule has 0 aromatic carbocycles. The van der Waals surface area contributed by atoms with E-state index in [0.717, 1.165) is 12.8 Å². The number of nitrogens with one attached hydrogen (secondary N) is 1. The zero-order valence-electron chi connectivity index (χ0n) is 7.67. The van der Waals surface area contributed by atoms with Gasteiger partial charge in [-0.2, -0.15) is 5.10 Å². The van der Waals surface area contributed by atoms with Crippen molar-refractivity contribution in [3.05, 3.63) is 22.8 Å². The van der Waals surface area contributed by atoms with Crippen LogP contribution in [-0.4, -0.2) is 11.2 Å². The second kappa shape index (κ2) is 3.09. The fourth-order valence-corrected chi connectivity index (χ4v) is 1.79. The van der Waals surface area contributed by atoms with E-state index in [1.54, 1.807) is 6.21 Å². The van der Waals surface area contributed by atoms with Crippen molar-refractivity contribution in [2.75, 3.05) is 0 Å². The van der Waals surface area contributed by atoms with Gasteiger partial charge in [-0.15, -0.1) is 0 Å². The third kappa shape index (κ3) is 1.26. The molecule has 1 aromatic heterocycles. The second-order valence-electron chi connectivity index (χ2n) is 3.35. The molecule has 68 valence electrons. The molecule has 0 spiro atoms. The van der Waals surface area contributed by atoms with E-state index in [1.165, 1.54) is 21.7 Å². The Morgan fingerprint density at radius 2 is 2.38 bits per heavy atom. The lowest BCUT2D eigenvalue weighted by atomic mass is 9.99. The zero-order chi connectivity index (χ0) is 9.26. The number of hydrogen-bond donors (Lipinski definition) is 2. The van der Waals surface area contributed by atoms with Gasteiger partial charge in [0, 0.05) is 6.20 Å². The molecule has 1 aromatic rings. The summed E-state index contributed by atoms with van der Waals surface area (Å²) in [4.78, 5) is 3.22. The van der Waals surface area contributed by atoms with E-state index in [2.05, 4.69) is 23.1 Å². The molecule has 3 heteroatoms. The van der Waals surface area contributed by atoms with Crippen molar-refractivity contribution in [2.45, 2.75) is 19.8 Å². The van der Waals surface area contributed by atoms with E-state index >= 15 is 0 Å². The van der Waals surface area contributed by atoms with Crippen LogP contribution in [0.2, 0.25) is 0 Å². The number of aromatic amines is 1. The van der Waals surface area contributed by atoms with Gasteiger partial charge in [0.1, 0.15) is 0 Å². The molecule has 0 atom stereocenters. The van der Waals surface area contributed by atoms with Gasteiger partial charge in [0.25, 0.3) is 0 Å². The van der Waals surface area contributed by atoms with Crippen molar-refractivity contribution >= 4 is 17.4 Å². The molecular weight excluding hydrogens is 162 g/mol. The standard InChI is InChI=1S/C10H13N3/c1-7-2-3-8(6-13-11)10-9(7)4-5-12-10/h4-6,12H,2-3,11H2,1H3/b13-6+. The number of rotatable bonds is 1. The normalized spacial score (nSPS) is 16.7. The molecule has 1 aliphatic carbocycles. The largest absolute Gasteiger partial charge is 0.361 e. The van der Waals surface area contributed by atoms with Crippen LogP contribution in [0.5, 0.6) is 0 Å². The van der Waals surface area contributed by atoms with Crippen LogP contribution in [0.4, 0.5) is 0 Å². The Morgan fingerprint density at radius 3 is 3.15 bits per heavy atom. The van der Waals surface area contributed by atoms with Gasteiger partial charge in [-0.25, -0.2) is 0 Å². The van der Waals surface area contributed by atoms with Gasteiger partial charge in [-0.1, -0.05) is 5.57 Å². The minimum Gasteiger partial charge on any atom is -0.361 e. The van der Waals surface area contributed by atoms with Crippen molar-refractivity contribution < 1.29 is 0 Å². The lowest BCUT2D eigenvalue weighted by Gasteiger charge is -2.07. The van der Waals surface area contributed by atoms with E-state index in [4.69, 9.17) is 5.84 Å². The first-order valence-corrected chi connectivity index (χ1v) is 4.42. The van der Waals surface area contributed by atoms with Crippen LogP contribution in [0, 0.1) is 0 Å². The zero-order valence-corrected chi connectivity index (χ0v) is 7.67. The van der Waals surface area contributed by atoms with Crippen LogP contribution in [0.15, 0.2) is 17.4 Å². The van der Waals surface area contributed by atoms with Crippen LogP contribution >= 0.6 is 0 Å². The number of aromatic nitrogens is 1. The Hall–Kier alpha value is -1.51. The smallest absolute Gasteiger partial charge is 0.0518 e. The quantitative estimate of drug-likeness (QED) is 0.354. The van der Waals surface area contributed by atoms with Crippen molar-refractivity contribution in [1.29, 1.82) is 0 Å². The number of hydrogen-bond acceptors (Lipinski definition) is 2. The van der Waals surface area contributed by atoms with Gasteiger partial charge in [-0.05, 0) is 36.6 Å². The summed E-state index contributed by atoms with van der Waals surface area (Å²) in [5.41, 5.74) is 2.64. The highest BCUT2D eigenvalue weighted by Gasteiger charge is 2.06. The van der Waals surface area contributed by atoms with Gasteiger partial charge in [-0.3, -0.25) is 0 Å². The van der Waals surface area contributed by atoms with E-state index in [0.29, 0.717) is 0 Å². The van der Waals surface area contributed by atoms with Crippen LogP contribution in [0.3, 0.4) is 0 Å². The molecule has 0 saturated heterocycles. The SMILES string of the molecule is CC1=c2cc[nH]c2=C(/C=N/N)CC1. The molecule has 0 saturated carbocycles. The van der Waals surface area contributed by atoms with E-state index in [9.17, 15) is 0 Å². The average Bonchev–Trinajstić information content (AvgIpc) is 2.59.